The lowest BCUT2D eigenvalue weighted by Gasteiger charge is -2.40. The van der Waals surface area contributed by atoms with Crippen LogP contribution in [0.25, 0.3) is 0 Å². The Morgan fingerprint density at radius 1 is 0.767 bits per heavy atom. The summed E-state index contributed by atoms with van der Waals surface area (Å²) in [5, 5.41) is 0. The first kappa shape index (κ1) is 28.2. The van der Waals surface area contributed by atoms with E-state index in [0.717, 1.165) is 0 Å². The molecule has 0 saturated carbocycles. The van der Waals surface area contributed by atoms with Crippen molar-refractivity contribution in [3.63, 3.8) is 0 Å². The topological polar surface area (TPSA) is 78.9 Å². The highest BCUT2D eigenvalue weighted by atomic mass is 28.3. The number of hydrogen-bond acceptors (Lipinski definition) is 6. The van der Waals surface area contributed by atoms with Crippen LogP contribution in [0, 0.1) is 27.7 Å². The second-order valence-corrected chi connectivity index (χ2v) is 14.6. The summed E-state index contributed by atoms with van der Waals surface area (Å²) in [7, 11) is 1.10. The summed E-state index contributed by atoms with van der Waals surface area (Å²) in [6, 6.07) is 0. The van der Waals surface area contributed by atoms with Gasteiger partial charge in [0.15, 0.2) is 6.61 Å². The molecule has 0 amide bonds. The van der Waals surface area contributed by atoms with Crippen molar-refractivity contribution in [2.24, 2.45) is 16.2 Å². The molecule has 0 heterocycles. The fraction of sp³-hybridized carbons (Fsp3) is 0.783. The summed E-state index contributed by atoms with van der Waals surface area (Å²) in [6.45, 7) is 15.4. The van der Waals surface area contributed by atoms with Gasteiger partial charge in [0, 0.05) is 0 Å². The first-order valence-corrected chi connectivity index (χ1v) is 14.0. The van der Waals surface area contributed by atoms with E-state index in [4.69, 9.17) is 14.2 Å². The minimum Gasteiger partial charge on any atom is -0.469 e. The van der Waals surface area contributed by atoms with Crippen LogP contribution < -0.4 is 0 Å². The number of methoxy groups -OCH3 is 2. The first-order valence-electron chi connectivity index (χ1n) is 10.5. The Hall–Kier alpha value is -1.81. The fourth-order valence-electron chi connectivity index (χ4n) is 3.68. The van der Waals surface area contributed by atoms with E-state index in [1.807, 2.05) is 13.8 Å². The molecule has 0 aromatic heterocycles. The van der Waals surface area contributed by atoms with Gasteiger partial charge in [-0.25, -0.2) is 0 Å². The third-order valence-electron chi connectivity index (χ3n) is 5.71. The van der Waals surface area contributed by atoms with Crippen molar-refractivity contribution in [2.45, 2.75) is 79.9 Å². The average Bonchev–Trinajstić information content (AvgIpc) is 2.68. The van der Waals surface area contributed by atoms with Crippen LogP contribution in [0.3, 0.4) is 0 Å². The van der Waals surface area contributed by atoms with Crippen molar-refractivity contribution in [3.8, 4) is 11.5 Å². The van der Waals surface area contributed by atoms with Crippen LogP contribution >= 0.6 is 0 Å². The Labute approximate surface area is 183 Å². The zero-order valence-electron chi connectivity index (χ0n) is 20.5. The van der Waals surface area contributed by atoms with Crippen molar-refractivity contribution in [2.75, 3.05) is 20.8 Å². The zero-order valence-corrected chi connectivity index (χ0v) is 21.5. The van der Waals surface area contributed by atoms with Gasteiger partial charge in [0.2, 0.25) is 0 Å². The number of esters is 3. The predicted molar refractivity (Wildman–Crippen MR) is 120 cm³/mol. The molecule has 3 atom stereocenters. The van der Waals surface area contributed by atoms with Crippen molar-refractivity contribution in [1.29, 1.82) is 0 Å². The van der Waals surface area contributed by atoms with Gasteiger partial charge in [0.05, 0.1) is 30.5 Å². The van der Waals surface area contributed by atoms with Gasteiger partial charge in [0.1, 0.15) is 8.07 Å². The quantitative estimate of drug-likeness (QED) is 0.217. The minimum absolute atomic E-state index is 0.0302. The van der Waals surface area contributed by atoms with E-state index in [-0.39, 0.29) is 25.4 Å². The Kier molecular flexibility index (Phi) is 10.3. The lowest BCUT2D eigenvalue weighted by atomic mass is 9.64. The number of carbonyl (C=O) groups excluding carboxylic acids is 3. The van der Waals surface area contributed by atoms with Crippen LogP contribution in [0.1, 0.15) is 60.3 Å². The smallest absolute Gasteiger partial charge is 0.312 e. The van der Waals surface area contributed by atoms with E-state index in [2.05, 4.69) is 31.1 Å². The molecule has 0 aromatic rings. The molecule has 3 unspecified atom stereocenters. The van der Waals surface area contributed by atoms with Gasteiger partial charge < -0.3 is 14.2 Å². The van der Waals surface area contributed by atoms with Crippen molar-refractivity contribution in [3.05, 3.63) is 0 Å². The van der Waals surface area contributed by atoms with E-state index in [9.17, 15) is 14.4 Å². The Morgan fingerprint density at radius 2 is 1.17 bits per heavy atom. The van der Waals surface area contributed by atoms with E-state index in [1.165, 1.54) is 14.2 Å². The lowest BCUT2D eigenvalue weighted by molar-refractivity contribution is -0.166. The molecule has 0 saturated heterocycles. The van der Waals surface area contributed by atoms with Gasteiger partial charge >= 0.3 is 17.9 Å². The van der Waals surface area contributed by atoms with Crippen LogP contribution in [0.15, 0.2) is 0 Å². The standard InChI is InChI=1S/C23H40O6Si/c1-11-21(3,18(24)27-6)16-23(5,19(25)28-7)17-22(4,12-2)20(26)29-14-13-15-30(8,9)10/h11-12,14,16-17H2,1-10H3. The van der Waals surface area contributed by atoms with Gasteiger partial charge in [-0.15, -0.1) is 5.54 Å². The fourth-order valence-corrected chi connectivity index (χ4v) is 4.28. The highest BCUT2D eigenvalue weighted by Gasteiger charge is 2.50. The number of hydrogen-bond donors (Lipinski definition) is 0. The van der Waals surface area contributed by atoms with Crippen LogP contribution in [-0.4, -0.2) is 46.8 Å². The highest BCUT2D eigenvalue weighted by molar-refractivity contribution is 6.83. The van der Waals surface area contributed by atoms with E-state index >= 15 is 0 Å². The Balaban J connectivity index is 5.76. The molecule has 0 rings (SSSR count). The minimum atomic E-state index is -1.54. The molecule has 0 fully saturated rings. The maximum Gasteiger partial charge on any atom is 0.312 e. The molecule has 0 aliphatic rings. The van der Waals surface area contributed by atoms with E-state index < -0.39 is 36.3 Å². The largest absolute Gasteiger partial charge is 0.469 e. The summed E-state index contributed by atoms with van der Waals surface area (Å²) < 4.78 is 15.5. The molecule has 0 spiro atoms. The van der Waals surface area contributed by atoms with Crippen molar-refractivity contribution >= 4 is 26.0 Å². The van der Waals surface area contributed by atoms with Crippen molar-refractivity contribution < 1.29 is 28.6 Å². The van der Waals surface area contributed by atoms with Gasteiger partial charge in [-0.2, -0.15) is 0 Å². The first-order chi connectivity index (χ1) is 13.6. The van der Waals surface area contributed by atoms with Gasteiger partial charge in [-0.3, -0.25) is 14.4 Å². The molecule has 172 valence electrons. The van der Waals surface area contributed by atoms with Crippen LogP contribution in [0.5, 0.6) is 0 Å². The Bertz CT molecular complexity index is 686. The number of rotatable bonds is 10. The Morgan fingerprint density at radius 3 is 1.53 bits per heavy atom. The lowest BCUT2D eigenvalue weighted by Crippen LogP contribution is -2.44. The summed E-state index contributed by atoms with van der Waals surface area (Å²) in [5.41, 5.74) is 0.300. The summed E-state index contributed by atoms with van der Waals surface area (Å²) in [5.74, 6) is 1.69. The normalized spacial score (nSPS) is 17.3. The highest BCUT2D eigenvalue weighted by Crippen LogP contribution is 2.46. The number of carbonyl (C=O) groups is 3. The predicted octanol–water partition coefficient (Wildman–Crippen LogP) is 4.38. The zero-order chi connectivity index (χ0) is 23.8. The van der Waals surface area contributed by atoms with E-state index in [1.54, 1.807) is 20.8 Å². The monoisotopic (exact) mass is 440 g/mol. The molecule has 0 aliphatic carbocycles. The molecule has 30 heavy (non-hydrogen) atoms. The maximum atomic E-state index is 12.9. The molecule has 0 N–H and O–H groups in total. The van der Waals surface area contributed by atoms with E-state index in [0.29, 0.717) is 12.8 Å². The molecule has 0 bridgehead atoms. The van der Waals surface area contributed by atoms with Crippen LogP contribution in [0.4, 0.5) is 0 Å². The van der Waals surface area contributed by atoms with Gasteiger partial charge in [-0.1, -0.05) is 39.4 Å². The molecule has 0 radical (unpaired) electrons. The maximum absolute atomic E-state index is 12.9. The molecular formula is C23H40O6Si. The second-order valence-electron chi connectivity index (χ2n) is 9.85. The third-order valence-corrected chi connectivity index (χ3v) is 6.64. The molecule has 0 aromatic carbocycles. The SMILES string of the molecule is CCC(C)(CC(C)(CC(C)(CC)C(=O)OCC#C[Si](C)(C)C)C(=O)OC)C(=O)OC. The summed E-state index contributed by atoms with van der Waals surface area (Å²) in [6.07, 6.45) is 1.36. The molecular weight excluding hydrogens is 400 g/mol. The molecule has 7 heteroatoms. The average molecular weight is 441 g/mol. The van der Waals surface area contributed by atoms with Crippen LogP contribution in [0.2, 0.25) is 19.6 Å². The second kappa shape index (κ2) is 11.0. The molecule has 0 aliphatic heterocycles. The number of ether oxygens (including phenoxy) is 3. The summed E-state index contributed by atoms with van der Waals surface area (Å²) >= 11 is 0. The molecule has 6 nitrogen and oxygen atoms in total. The van der Waals surface area contributed by atoms with Crippen LogP contribution in [-0.2, 0) is 28.6 Å². The van der Waals surface area contributed by atoms with Gasteiger partial charge in [-0.05, 0) is 46.5 Å². The summed E-state index contributed by atoms with van der Waals surface area (Å²) in [4.78, 5) is 38.1. The third kappa shape index (κ3) is 7.79. The van der Waals surface area contributed by atoms with Gasteiger partial charge in [0.25, 0.3) is 0 Å². The van der Waals surface area contributed by atoms with Crippen molar-refractivity contribution in [1.82, 2.24) is 0 Å².